The van der Waals surface area contributed by atoms with Crippen LogP contribution in [0.15, 0.2) is 30.6 Å². The molecule has 0 atom stereocenters. The second kappa shape index (κ2) is 9.75. The largest absolute Gasteiger partial charge is 0.495 e. The molecular weight excluding hydrogens is 480 g/mol. The monoisotopic (exact) mass is 508 g/mol. The van der Waals surface area contributed by atoms with E-state index < -0.39 is 5.97 Å². The van der Waals surface area contributed by atoms with Crippen molar-refractivity contribution in [2.45, 2.75) is 20.4 Å². The molecule has 1 aliphatic rings. The summed E-state index contributed by atoms with van der Waals surface area (Å²) < 4.78 is 13.4. The molecule has 0 bridgehead atoms. The first-order valence-corrected chi connectivity index (χ1v) is 12.5. The molecule has 1 aromatic carbocycles. The second-order valence-corrected chi connectivity index (χ2v) is 9.94. The fourth-order valence-electron chi connectivity index (χ4n) is 4.62. The maximum absolute atomic E-state index is 12.3. The van der Waals surface area contributed by atoms with Gasteiger partial charge in [-0.1, -0.05) is 6.07 Å². The Morgan fingerprint density at radius 2 is 1.92 bits per heavy atom. The van der Waals surface area contributed by atoms with E-state index in [1.54, 1.807) is 23.3 Å². The normalized spacial score (nSPS) is 14.5. The van der Waals surface area contributed by atoms with E-state index in [-0.39, 0.29) is 12.5 Å². The lowest BCUT2D eigenvalue weighted by Gasteiger charge is -2.34. The summed E-state index contributed by atoms with van der Waals surface area (Å²) in [7, 11) is 1.69. The van der Waals surface area contributed by atoms with Gasteiger partial charge in [0.1, 0.15) is 17.6 Å². The van der Waals surface area contributed by atoms with E-state index in [0.29, 0.717) is 38.5 Å². The number of amides is 1. The van der Waals surface area contributed by atoms with Gasteiger partial charge in [0, 0.05) is 50.1 Å². The number of carbonyl (C=O) groups excluding carboxylic acids is 2. The highest BCUT2D eigenvalue weighted by atomic mass is 32.1. The van der Waals surface area contributed by atoms with Crippen molar-refractivity contribution in [1.29, 1.82) is 0 Å². The Bertz CT molecular complexity index is 1450. The summed E-state index contributed by atoms with van der Waals surface area (Å²) in [4.78, 5) is 32.6. The van der Waals surface area contributed by atoms with Crippen LogP contribution in [0.2, 0.25) is 0 Å². The lowest BCUT2D eigenvalue weighted by atomic mass is 10.1. The van der Waals surface area contributed by atoms with Crippen molar-refractivity contribution in [2.24, 2.45) is 0 Å². The molecule has 0 saturated carbocycles. The van der Waals surface area contributed by atoms with Crippen LogP contribution in [0.5, 0.6) is 5.75 Å². The Morgan fingerprint density at radius 1 is 1.14 bits per heavy atom. The minimum atomic E-state index is -0.452. The number of piperazine rings is 1. The molecule has 0 spiro atoms. The number of carbonyl (C=O) groups is 2. The Balaban J connectivity index is 1.41. The molecule has 1 saturated heterocycles. The van der Waals surface area contributed by atoms with Crippen molar-refractivity contribution in [2.75, 3.05) is 45.6 Å². The number of benzene rings is 1. The van der Waals surface area contributed by atoms with E-state index in [9.17, 15) is 9.59 Å². The van der Waals surface area contributed by atoms with Crippen molar-refractivity contribution >= 4 is 44.6 Å². The standard InChI is InChI=1S/C25H28N6O4S/c1-15-8-17-10-21(36-24(17)20(9-15)34-3)19-11-18(31-23(19)25(26)27-14-28-31)12-29-4-6-30(7-5-29)22(33)13-35-16(2)32/h8-11,14H,4-7,12-13H2,1-3H3,(H2,26,27,28). The van der Waals surface area contributed by atoms with E-state index in [1.165, 1.54) is 13.3 Å². The molecule has 0 aliphatic carbocycles. The Morgan fingerprint density at radius 3 is 2.64 bits per heavy atom. The van der Waals surface area contributed by atoms with Gasteiger partial charge < -0.3 is 20.1 Å². The summed E-state index contributed by atoms with van der Waals surface area (Å²) in [5, 5.41) is 5.63. The van der Waals surface area contributed by atoms with Gasteiger partial charge >= 0.3 is 5.97 Å². The number of esters is 1. The number of hydrogen-bond acceptors (Lipinski definition) is 9. The topological polar surface area (TPSA) is 115 Å². The summed E-state index contributed by atoms with van der Waals surface area (Å²) in [5.74, 6) is 0.658. The average molecular weight is 509 g/mol. The van der Waals surface area contributed by atoms with E-state index in [4.69, 9.17) is 15.2 Å². The summed E-state index contributed by atoms with van der Waals surface area (Å²) in [6, 6.07) is 8.48. The van der Waals surface area contributed by atoms with Gasteiger partial charge in [-0.15, -0.1) is 11.3 Å². The van der Waals surface area contributed by atoms with Crippen LogP contribution in [0.25, 0.3) is 26.0 Å². The van der Waals surface area contributed by atoms with Gasteiger partial charge in [0.15, 0.2) is 12.4 Å². The Labute approximate surface area is 212 Å². The van der Waals surface area contributed by atoms with Crippen LogP contribution >= 0.6 is 11.3 Å². The first-order chi connectivity index (χ1) is 17.3. The molecule has 1 fully saturated rings. The summed E-state index contributed by atoms with van der Waals surface area (Å²) in [6.07, 6.45) is 1.47. The molecule has 10 nitrogen and oxygen atoms in total. The predicted octanol–water partition coefficient (Wildman–Crippen LogP) is 2.72. The van der Waals surface area contributed by atoms with Crippen LogP contribution in [0.3, 0.4) is 0 Å². The first-order valence-electron chi connectivity index (χ1n) is 11.7. The maximum atomic E-state index is 12.3. The number of hydrogen-bond donors (Lipinski definition) is 1. The molecule has 5 rings (SSSR count). The van der Waals surface area contributed by atoms with Crippen molar-refractivity contribution in [3.8, 4) is 16.2 Å². The van der Waals surface area contributed by atoms with Crippen molar-refractivity contribution < 1.29 is 19.1 Å². The third-order valence-corrected chi connectivity index (χ3v) is 7.58. The molecule has 36 heavy (non-hydrogen) atoms. The summed E-state index contributed by atoms with van der Waals surface area (Å²) >= 11 is 1.66. The molecule has 4 heterocycles. The van der Waals surface area contributed by atoms with E-state index in [0.717, 1.165) is 43.1 Å². The van der Waals surface area contributed by atoms with Gasteiger partial charge in [-0.2, -0.15) is 5.10 Å². The highest BCUT2D eigenvalue weighted by Gasteiger charge is 2.24. The zero-order valence-electron chi connectivity index (χ0n) is 20.5. The zero-order valence-corrected chi connectivity index (χ0v) is 21.3. The van der Waals surface area contributed by atoms with Gasteiger partial charge in [-0.3, -0.25) is 14.5 Å². The van der Waals surface area contributed by atoms with E-state index >= 15 is 0 Å². The van der Waals surface area contributed by atoms with E-state index in [2.05, 4.69) is 40.1 Å². The molecule has 1 aliphatic heterocycles. The van der Waals surface area contributed by atoms with Gasteiger partial charge in [-0.25, -0.2) is 9.50 Å². The lowest BCUT2D eigenvalue weighted by molar-refractivity contribution is -0.151. The number of methoxy groups -OCH3 is 1. The predicted molar refractivity (Wildman–Crippen MR) is 138 cm³/mol. The highest BCUT2D eigenvalue weighted by Crippen LogP contribution is 2.42. The third kappa shape index (κ3) is 4.59. The van der Waals surface area contributed by atoms with Crippen molar-refractivity contribution in [3.05, 3.63) is 41.9 Å². The number of thiophene rings is 1. The third-order valence-electron chi connectivity index (χ3n) is 6.38. The minimum absolute atomic E-state index is 0.170. The van der Waals surface area contributed by atoms with Gasteiger partial charge in [-0.05, 0) is 36.1 Å². The number of nitrogen functional groups attached to an aromatic ring is 1. The number of ether oxygens (including phenoxy) is 2. The average Bonchev–Trinajstić information content (AvgIpc) is 3.45. The van der Waals surface area contributed by atoms with Crippen LogP contribution in [0.4, 0.5) is 5.82 Å². The SMILES string of the molecule is COc1cc(C)cc2cc(-c3cc(CN4CCN(C(=O)COC(C)=O)CC4)n4ncnc(N)c34)sc12. The smallest absolute Gasteiger partial charge is 0.303 e. The molecule has 0 unspecified atom stereocenters. The van der Waals surface area contributed by atoms with Crippen molar-refractivity contribution in [1.82, 2.24) is 24.4 Å². The van der Waals surface area contributed by atoms with Crippen LogP contribution < -0.4 is 10.5 Å². The minimum Gasteiger partial charge on any atom is -0.495 e. The Hall–Kier alpha value is -3.70. The molecule has 2 N–H and O–H groups in total. The fourth-order valence-corrected chi connectivity index (χ4v) is 5.77. The zero-order chi connectivity index (χ0) is 25.4. The molecule has 3 aromatic heterocycles. The first kappa shape index (κ1) is 24.0. The number of rotatable bonds is 6. The van der Waals surface area contributed by atoms with Gasteiger partial charge in [0.2, 0.25) is 0 Å². The molecule has 0 radical (unpaired) electrons. The number of nitrogens with zero attached hydrogens (tertiary/aromatic N) is 5. The second-order valence-electron chi connectivity index (χ2n) is 8.89. The van der Waals surface area contributed by atoms with Crippen molar-refractivity contribution in [3.63, 3.8) is 0 Å². The van der Waals surface area contributed by atoms with Crippen LogP contribution in [-0.2, 0) is 20.9 Å². The van der Waals surface area contributed by atoms with Gasteiger partial charge in [0.05, 0.1) is 17.5 Å². The fraction of sp³-hybridized carbons (Fsp3) is 0.360. The molecular formula is C25H28N6O4S. The van der Waals surface area contributed by atoms with Crippen LogP contribution in [-0.4, -0.2) is 76.2 Å². The van der Waals surface area contributed by atoms with Crippen LogP contribution in [0.1, 0.15) is 18.2 Å². The molecule has 4 aromatic rings. The highest BCUT2D eigenvalue weighted by molar-refractivity contribution is 7.22. The summed E-state index contributed by atoms with van der Waals surface area (Å²) in [5.41, 5.74) is 10.2. The Kier molecular flexibility index (Phi) is 6.50. The number of anilines is 1. The molecule has 1 amide bonds. The number of aryl methyl sites for hydroxylation is 1. The number of fused-ring (bicyclic) bond motifs is 2. The lowest BCUT2D eigenvalue weighted by Crippen LogP contribution is -2.49. The van der Waals surface area contributed by atoms with Crippen LogP contribution in [0, 0.1) is 6.92 Å². The maximum Gasteiger partial charge on any atom is 0.303 e. The number of nitrogens with two attached hydrogens (primary N) is 1. The van der Waals surface area contributed by atoms with Gasteiger partial charge in [0.25, 0.3) is 5.91 Å². The quantitative estimate of drug-likeness (QED) is 0.396. The summed E-state index contributed by atoms with van der Waals surface area (Å²) in [6.45, 7) is 6.34. The van der Waals surface area contributed by atoms with E-state index in [1.807, 2.05) is 10.6 Å². The molecule has 188 valence electrons. The molecule has 11 heteroatoms. The number of aromatic nitrogens is 3.